The summed E-state index contributed by atoms with van der Waals surface area (Å²) in [5.74, 6) is -1.84. The van der Waals surface area contributed by atoms with Crippen molar-refractivity contribution in [1.29, 1.82) is 0 Å². The average molecular weight is 574 g/mol. The van der Waals surface area contributed by atoms with Gasteiger partial charge in [-0.15, -0.1) is 0 Å². The van der Waals surface area contributed by atoms with Gasteiger partial charge in [0.05, 0.1) is 39.5 Å². The standard InChI is InChI=1S/C31H21Cl2NO6/c1-17-8-9-20(14-26(17)34-29(36)22-15-24(32)25(33)16-23(22)30(34)37)31(38)40-28(19-6-4-3-5-7-19)27(35)18-10-12-21(39-2)13-11-18/h3-16,28H,1-2H3/t28-/m0/s1. The summed E-state index contributed by atoms with van der Waals surface area (Å²) >= 11 is 12.1. The lowest BCUT2D eigenvalue weighted by Crippen LogP contribution is -2.30. The van der Waals surface area contributed by atoms with E-state index in [1.807, 2.05) is 0 Å². The zero-order chi connectivity index (χ0) is 28.6. The van der Waals surface area contributed by atoms with Crippen molar-refractivity contribution in [1.82, 2.24) is 0 Å². The Morgan fingerprint density at radius 3 is 1.93 bits per heavy atom. The van der Waals surface area contributed by atoms with E-state index >= 15 is 0 Å². The number of ketones is 1. The molecule has 0 aliphatic carbocycles. The molecule has 2 amide bonds. The summed E-state index contributed by atoms with van der Waals surface area (Å²) in [6.45, 7) is 1.70. The molecule has 0 radical (unpaired) electrons. The number of fused-ring (bicyclic) bond motifs is 1. The van der Waals surface area contributed by atoms with Gasteiger partial charge in [0, 0.05) is 11.1 Å². The first kappa shape index (κ1) is 27.1. The Labute approximate surface area is 239 Å². The number of halogens is 2. The highest BCUT2D eigenvalue weighted by Crippen LogP contribution is 2.36. The van der Waals surface area contributed by atoms with Crippen molar-refractivity contribution in [2.24, 2.45) is 0 Å². The van der Waals surface area contributed by atoms with E-state index in [-0.39, 0.29) is 32.4 Å². The lowest BCUT2D eigenvalue weighted by atomic mass is 9.99. The Morgan fingerprint density at radius 2 is 1.35 bits per heavy atom. The molecule has 0 spiro atoms. The first-order valence-corrected chi connectivity index (χ1v) is 12.9. The van der Waals surface area contributed by atoms with E-state index in [2.05, 4.69) is 0 Å². The number of benzene rings is 4. The normalized spacial score (nSPS) is 13.2. The number of nitrogens with zero attached hydrogens (tertiary/aromatic N) is 1. The summed E-state index contributed by atoms with van der Waals surface area (Å²) in [5, 5.41) is 0.289. The molecule has 0 saturated heterocycles. The molecule has 4 aromatic carbocycles. The largest absolute Gasteiger partial charge is 0.497 e. The van der Waals surface area contributed by atoms with Gasteiger partial charge in [-0.05, 0) is 61.0 Å². The number of methoxy groups -OCH3 is 1. The maximum absolute atomic E-state index is 13.5. The molecule has 1 heterocycles. The molecule has 0 unspecified atom stereocenters. The number of carbonyl (C=O) groups excluding carboxylic acids is 4. The number of anilines is 1. The van der Waals surface area contributed by atoms with Crippen LogP contribution in [0, 0.1) is 6.92 Å². The van der Waals surface area contributed by atoms with Crippen molar-refractivity contribution in [3.63, 3.8) is 0 Å². The van der Waals surface area contributed by atoms with Crippen molar-refractivity contribution in [2.45, 2.75) is 13.0 Å². The molecule has 9 heteroatoms. The number of imide groups is 1. The maximum atomic E-state index is 13.5. The smallest absolute Gasteiger partial charge is 0.339 e. The third kappa shape index (κ3) is 4.97. The van der Waals surface area contributed by atoms with Crippen LogP contribution in [-0.4, -0.2) is 30.7 Å². The van der Waals surface area contributed by atoms with E-state index in [4.69, 9.17) is 32.7 Å². The predicted octanol–water partition coefficient (Wildman–Crippen LogP) is 6.89. The number of esters is 1. The summed E-state index contributed by atoms with van der Waals surface area (Å²) in [4.78, 5) is 54.2. The van der Waals surface area contributed by atoms with Crippen LogP contribution in [0.5, 0.6) is 5.75 Å². The van der Waals surface area contributed by atoms with Gasteiger partial charge >= 0.3 is 5.97 Å². The van der Waals surface area contributed by atoms with Gasteiger partial charge in [-0.25, -0.2) is 9.69 Å². The first-order valence-electron chi connectivity index (χ1n) is 12.1. The molecule has 1 aliphatic heterocycles. The van der Waals surface area contributed by atoms with E-state index in [1.165, 1.54) is 31.4 Å². The van der Waals surface area contributed by atoms with Crippen molar-refractivity contribution in [3.8, 4) is 5.75 Å². The van der Waals surface area contributed by atoms with Gasteiger partial charge in [-0.3, -0.25) is 14.4 Å². The van der Waals surface area contributed by atoms with E-state index in [1.54, 1.807) is 67.6 Å². The van der Waals surface area contributed by atoms with Crippen LogP contribution in [-0.2, 0) is 4.74 Å². The molecular formula is C31H21Cl2NO6. The summed E-state index contributed by atoms with van der Waals surface area (Å²) in [7, 11) is 1.52. The van der Waals surface area contributed by atoms with Crippen molar-refractivity contribution in [3.05, 3.63) is 128 Å². The number of amides is 2. The number of hydrogen-bond acceptors (Lipinski definition) is 6. The number of rotatable bonds is 7. The van der Waals surface area contributed by atoms with Crippen molar-refractivity contribution >= 4 is 52.5 Å². The fourth-order valence-corrected chi connectivity index (χ4v) is 4.74. The third-order valence-corrected chi connectivity index (χ3v) is 7.28. The molecule has 0 fully saturated rings. The summed E-state index contributed by atoms with van der Waals surface area (Å²) in [6, 6.07) is 22.3. The second-order valence-electron chi connectivity index (χ2n) is 9.05. The first-order chi connectivity index (χ1) is 19.2. The highest BCUT2D eigenvalue weighted by atomic mass is 35.5. The van der Waals surface area contributed by atoms with Gasteiger partial charge in [-0.1, -0.05) is 59.6 Å². The second kappa shape index (κ2) is 11.0. The van der Waals surface area contributed by atoms with Crippen molar-refractivity contribution < 1.29 is 28.7 Å². The molecule has 7 nitrogen and oxygen atoms in total. The monoisotopic (exact) mass is 573 g/mol. The minimum atomic E-state index is -1.24. The van der Waals surface area contributed by atoms with Crippen LogP contribution in [0.4, 0.5) is 5.69 Å². The van der Waals surface area contributed by atoms with Gasteiger partial charge < -0.3 is 9.47 Å². The quantitative estimate of drug-likeness (QED) is 0.136. The Balaban J connectivity index is 1.47. The fourth-order valence-electron chi connectivity index (χ4n) is 4.41. The molecule has 1 atom stereocenters. The second-order valence-corrected chi connectivity index (χ2v) is 9.86. The molecule has 0 N–H and O–H groups in total. The van der Waals surface area contributed by atoms with Crippen molar-refractivity contribution in [2.75, 3.05) is 12.0 Å². The Morgan fingerprint density at radius 1 is 0.775 bits per heavy atom. The molecule has 0 saturated carbocycles. The average Bonchev–Trinajstić information content (AvgIpc) is 3.20. The zero-order valence-corrected chi connectivity index (χ0v) is 22.8. The number of ether oxygens (including phenoxy) is 2. The number of carbonyl (C=O) groups is 4. The van der Waals surface area contributed by atoms with Gasteiger partial charge in [0.1, 0.15) is 5.75 Å². The summed E-state index contributed by atoms with van der Waals surface area (Å²) in [5.41, 5.74) is 1.86. The molecule has 1 aliphatic rings. The van der Waals surface area contributed by atoms with Gasteiger partial charge in [0.25, 0.3) is 11.8 Å². The minimum Gasteiger partial charge on any atom is -0.497 e. The number of Topliss-reactive ketones (excluding diaryl/α,β-unsaturated/α-hetero) is 1. The topological polar surface area (TPSA) is 90.0 Å². The maximum Gasteiger partial charge on any atom is 0.339 e. The fraction of sp³-hybridized carbons (Fsp3) is 0.0968. The van der Waals surface area contributed by atoms with Crippen LogP contribution < -0.4 is 9.64 Å². The van der Waals surface area contributed by atoms with Crippen LogP contribution in [0.25, 0.3) is 0 Å². The van der Waals surface area contributed by atoms with Crippen LogP contribution >= 0.6 is 23.2 Å². The molecule has 0 bridgehead atoms. The van der Waals surface area contributed by atoms with Gasteiger partial charge in [0.15, 0.2) is 6.10 Å². The lowest BCUT2D eigenvalue weighted by Gasteiger charge is -2.20. The molecular weight excluding hydrogens is 553 g/mol. The van der Waals surface area contributed by atoms with Crippen LogP contribution in [0.2, 0.25) is 10.0 Å². The molecule has 40 heavy (non-hydrogen) atoms. The Kier molecular flexibility index (Phi) is 7.43. The lowest BCUT2D eigenvalue weighted by molar-refractivity contribution is 0.0280. The zero-order valence-electron chi connectivity index (χ0n) is 21.3. The Bertz CT molecular complexity index is 1630. The molecule has 5 rings (SSSR count). The van der Waals surface area contributed by atoms with Gasteiger partial charge in [0.2, 0.25) is 5.78 Å². The summed E-state index contributed by atoms with van der Waals surface area (Å²) in [6.07, 6.45) is -1.24. The molecule has 200 valence electrons. The third-order valence-electron chi connectivity index (χ3n) is 6.55. The minimum absolute atomic E-state index is 0.0525. The predicted molar refractivity (Wildman–Crippen MR) is 151 cm³/mol. The van der Waals surface area contributed by atoms with E-state index in [0.717, 1.165) is 4.90 Å². The number of aryl methyl sites for hydroxylation is 1. The van der Waals surface area contributed by atoms with E-state index < -0.39 is 29.7 Å². The molecule has 4 aromatic rings. The molecule has 0 aromatic heterocycles. The van der Waals surface area contributed by atoms with E-state index in [0.29, 0.717) is 22.4 Å². The summed E-state index contributed by atoms with van der Waals surface area (Å²) < 4.78 is 10.9. The van der Waals surface area contributed by atoms with Crippen LogP contribution in [0.15, 0.2) is 84.9 Å². The Hall–Kier alpha value is -4.46. The van der Waals surface area contributed by atoms with Gasteiger partial charge in [-0.2, -0.15) is 0 Å². The number of hydrogen-bond donors (Lipinski definition) is 0. The SMILES string of the molecule is COc1ccc(C(=O)[C@@H](OC(=O)c2ccc(C)c(N3C(=O)c4cc(Cl)c(Cl)cc4C3=O)c2)c2ccccc2)cc1. The van der Waals surface area contributed by atoms with E-state index in [9.17, 15) is 19.2 Å². The van der Waals surface area contributed by atoms with Crippen LogP contribution in [0.3, 0.4) is 0 Å². The highest BCUT2D eigenvalue weighted by Gasteiger charge is 2.38. The van der Waals surface area contributed by atoms with Crippen LogP contribution in [0.1, 0.15) is 58.7 Å². The highest BCUT2D eigenvalue weighted by molar-refractivity contribution is 6.44.